The minimum Gasteiger partial charge on any atom is -0.351 e. The molecular weight excluding hydrogens is 178 g/mol. The molecule has 0 aliphatic carbocycles. The van der Waals surface area contributed by atoms with Crippen LogP contribution in [0.5, 0.6) is 0 Å². The monoisotopic (exact) mass is 199 g/mol. The van der Waals surface area contributed by atoms with E-state index in [1.165, 1.54) is 0 Å². The maximum absolute atomic E-state index is 5.91. The summed E-state index contributed by atoms with van der Waals surface area (Å²) in [7, 11) is 0. The van der Waals surface area contributed by atoms with Crippen molar-refractivity contribution in [1.29, 1.82) is 0 Å². The number of nitrogens with two attached hydrogens (primary N) is 1. The maximum Gasteiger partial charge on any atom is 0.172 e. The van der Waals surface area contributed by atoms with E-state index in [1.807, 2.05) is 13.8 Å². The van der Waals surface area contributed by atoms with E-state index in [-0.39, 0.29) is 12.3 Å². The summed E-state index contributed by atoms with van der Waals surface area (Å²) in [6, 6.07) is -0.0803. The van der Waals surface area contributed by atoms with Crippen LogP contribution in [-0.2, 0) is 9.47 Å². The Bertz CT molecular complexity index is 159. The molecule has 0 heterocycles. The van der Waals surface area contributed by atoms with Crippen molar-refractivity contribution in [2.24, 2.45) is 5.73 Å². The summed E-state index contributed by atoms with van der Waals surface area (Å²) in [6.45, 7) is 5.10. The predicted molar refractivity (Wildman–Crippen MR) is 57.7 cm³/mol. The highest BCUT2D eigenvalue weighted by atomic mass is 16.7. The van der Waals surface area contributed by atoms with Gasteiger partial charge >= 0.3 is 0 Å². The smallest absolute Gasteiger partial charge is 0.172 e. The van der Waals surface area contributed by atoms with Gasteiger partial charge in [-0.15, -0.1) is 12.3 Å². The van der Waals surface area contributed by atoms with E-state index >= 15 is 0 Å². The number of hydrogen-bond donors (Lipinski definition) is 1. The van der Waals surface area contributed by atoms with E-state index in [9.17, 15) is 0 Å². The van der Waals surface area contributed by atoms with E-state index in [0.717, 1.165) is 19.3 Å². The van der Waals surface area contributed by atoms with Crippen LogP contribution in [0.3, 0.4) is 0 Å². The lowest BCUT2D eigenvalue weighted by Crippen LogP contribution is -2.38. The van der Waals surface area contributed by atoms with E-state index in [2.05, 4.69) is 5.92 Å². The Kier molecular flexibility index (Phi) is 8.65. The maximum atomic E-state index is 5.91. The Morgan fingerprint density at radius 3 is 2.29 bits per heavy atom. The molecule has 2 N–H and O–H groups in total. The van der Waals surface area contributed by atoms with Gasteiger partial charge in [-0.3, -0.25) is 0 Å². The first-order valence-electron chi connectivity index (χ1n) is 5.18. The van der Waals surface area contributed by atoms with E-state index in [4.69, 9.17) is 21.6 Å². The summed E-state index contributed by atoms with van der Waals surface area (Å²) in [6.07, 6.45) is 7.40. The van der Waals surface area contributed by atoms with Crippen LogP contribution in [0.1, 0.15) is 33.1 Å². The molecule has 0 aromatic heterocycles. The van der Waals surface area contributed by atoms with Gasteiger partial charge < -0.3 is 15.2 Å². The summed E-state index contributed by atoms with van der Waals surface area (Å²) in [5, 5.41) is 0. The molecule has 0 aromatic rings. The summed E-state index contributed by atoms with van der Waals surface area (Å²) < 4.78 is 10.8. The number of unbranched alkanes of at least 4 members (excludes halogenated alkanes) is 1. The van der Waals surface area contributed by atoms with Gasteiger partial charge in [0, 0.05) is 19.6 Å². The van der Waals surface area contributed by atoms with Crippen LogP contribution >= 0.6 is 0 Å². The zero-order chi connectivity index (χ0) is 10.8. The van der Waals surface area contributed by atoms with Gasteiger partial charge in [0.05, 0.1) is 6.04 Å². The van der Waals surface area contributed by atoms with Crippen LogP contribution in [0.4, 0.5) is 0 Å². The second-order valence-electron chi connectivity index (χ2n) is 3.04. The fourth-order valence-corrected chi connectivity index (χ4v) is 1.20. The molecule has 0 spiro atoms. The first-order valence-corrected chi connectivity index (χ1v) is 5.18. The summed E-state index contributed by atoms with van der Waals surface area (Å²) >= 11 is 0. The Labute approximate surface area is 87.0 Å². The molecule has 0 aliphatic heterocycles. The van der Waals surface area contributed by atoms with Crippen molar-refractivity contribution in [3.8, 4) is 12.3 Å². The normalized spacial score (nSPS) is 12.8. The lowest BCUT2D eigenvalue weighted by molar-refractivity contribution is -0.149. The third-order valence-electron chi connectivity index (χ3n) is 1.87. The van der Waals surface area contributed by atoms with Gasteiger partial charge in [-0.05, 0) is 26.7 Å². The highest BCUT2D eigenvalue weighted by Gasteiger charge is 2.17. The van der Waals surface area contributed by atoms with Crippen molar-refractivity contribution in [2.45, 2.75) is 45.4 Å². The van der Waals surface area contributed by atoms with Crippen LogP contribution < -0.4 is 5.73 Å². The summed E-state index contributed by atoms with van der Waals surface area (Å²) in [5.41, 5.74) is 5.91. The lowest BCUT2D eigenvalue weighted by Gasteiger charge is -2.23. The third kappa shape index (κ3) is 5.98. The Morgan fingerprint density at radius 2 is 1.86 bits per heavy atom. The average molecular weight is 199 g/mol. The van der Waals surface area contributed by atoms with Gasteiger partial charge in [-0.1, -0.05) is 0 Å². The van der Waals surface area contributed by atoms with Crippen molar-refractivity contribution < 1.29 is 9.47 Å². The van der Waals surface area contributed by atoms with Crippen LogP contribution in [0.15, 0.2) is 0 Å². The SMILES string of the molecule is C#CCCCC(N)C(OCC)OCC. The second kappa shape index (κ2) is 9.01. The third-order valence-corrected chi connectivity index (χ3v) is 1.87. The van der Waals surface area contributed by atoms with E-state index in [0.29, 0.717) is 13.2 Å². The number of rotatable bonds is 8. The topological polar surface area (TPSA) is 44.5 Å². The van der Waals surface area contributed by atoms with Gasteiger partial charge in [0.15, 0.2) is 6.29 Å². The number of ether oxygens (including phenoxy) is 2. The Hall–Kier alpha value is -0.560. The molecule has 0 rings (SSSR count). The molecule has 0 aliphatic rings. The van der Waals surface area contributed by atoms with Crippen LogP contribution in [0, 0.1) is 12.3 Å². The average Bonchev–Trinajstić information content (AvgIpc) is 2.18. The number of hydrogen-bond acceptors (Lipinski definition) is 3. The van der Waals surface area contributed by atoms with Crippen molar-refractivity contribution >= 4 is 0 Å². The predicted octanol–water partition coefficient (Wildman–Crippen LogP) is 1.52. The summed E-state index contributed by atoms with van der Waals surface area (Å²) in [5.74, 6) is 2.59. The second-order valence-corrected chi connectivity index (χ2v) is 3.04. The number of terminal acetylenes is 1. The molecule has 0 saturated carbocycles. The van der Waals surface area contributed by atoms with Gasteiger partial charge in [0.2, 0.25) is 0 Å². The lowest BCUT2D eigenvalue weighted by atomic mass is 10.1. The highest BCUT2D eigenvalue weighted by molar-refractivity contribution is 4.83. The van der Waals surface area contributed by atoms with E-state index < -0.39 is 0 Å². The molecule has 82 valence electrons. The quantitative estimate of drug-likeness (QED) is 0.366. The van der Waals surface area contributed by atoms with Crippen molar-refractivity contribution in [3.63, 3.8) is 0 Å². The van der Waals surface area contributed by atoms with Crippen molar-refractivity contribution in [2.75, 3.05) is 13.2 Å². The minimum absolute atomic E-state index is 0.0803. The van der Waals surface area contributed by atoms with Crippen LogP contribution in [0.25, 0.3) is 0 Å². The van der Waals surface area contributed by atoms with Gasteiger partial charge in [-0.2, -0.15) is 0 Å². The standard InChI is InChI=1S/C11H21NO2/c1-4-7-8-9-10(12)11(13-5-2)14-6-3/h1,10-11H,5-9,12H2,2-3H3. The molecule has 0 bridgehead atoms. The van der Waals surface area contributed by atoms with E-state index in [1.54, 1.807) is 0 Å². The fourth-order valence-electron chi connectivity index (χ4n) is 1.20. The van der Waals surface area contributed by atoms with Gasteiger partial charge in [-0.25, -0.2) is 0 Å². The summed E-state index contributed by atoms with van der Waals surface area (Å²) in [4.78, 5) is 0. The van der Waals surface area contributed by atoms with Crippen LogP contribution in [-0.4, -0.2) is 25.5 Å². The van der Waals surface area contributed by atoms with Gasteiger partial charge in [0.25, 0.3) is 0 Å². The first-order chi connectivity index (χ1) is 6.76. The molecule has 14 heavy (non-hydrogen) atoms. The first kappa shape index (κ1) is 13.4. The zero-order valence-corrected chi connectivity index (χ0v) is 9.16. The molecule has 1 unspecified atom stereocenters. The van der Waals surface area contributed by atoms with Gasteiger partial charge in [0.1, 0.15) is 0 Å². The molecule has 0 saturated heterocycles. The Morgan fingerprint density at radius 1 is 1.29 bits per heavy atom. The largest absolute Gasteiger partial charge is 0.351 e. The molecular formula is C11H21NO2. The molecule has 0 aromatic carbocycles. The molecule has 0 fully saturated rings. The molecule has 1 atom stereocenters. The molecule has 3 heteroatoms. The van der Waals surface area contributed by atoms with Crippen molar-refractivity contribution in [3.05, 3.63) is 0 Å². The Balaban J connectivity index is 3.76. The minimum atomic E-state index is -0.289. The molecule has 3 nitrogen and oxygen atoms in total. The van der Waals surface area contributed by atoms with Crippen molar-refractivity contribution in [1.82, 2.24) is 0 Å². The molecule has 0 amide bonds. The highest BCUT2D eigenvalue weighted by Crippen LogP contribution is 2.07. The zero-order valence-electron chi connectivity index (χ0n) is 9.16. The molecule has 0 radical (unpaired) electrons. The fraction of sp³-hybridized carbons (Fsp3) is 0.818. The van der Waals surface area contributed by atoms with Crippen LogP contribution in [0.2, 0.25) is 0 Å².